The highest BCUT2D eigenvalue weighted by molar-refractivity contribution is 6.41. The number of rotatable bonds is 7. The smallest absolute Gasteiger partial charge is 0.343 e. The number of para-hydroxylation sites is 1. The summed E-state index contributed by atoms with van der Waals surface area (Å²) in [7, 11) is 0. The number of hydrogen-bond acceptors (Lipinski definition) is 6. The Bertz CT molecular complexity index is 1230. The molecule has 0 aromatic heterocycles. The van der Waals surface area contributed by atoms with E-state index in [0.717, 1.165) is 0 Å². The van der Waals surface area contributed by atoms with Crippen LogP contribution in [-0.4, -0.2) is 30.6 Å². The van der Waals surface area contributed by atoms with Crippen molar-refractivity contribution >= 4 is 52.9 Å². The van der Waals surface area contributed by atoms with Crippen LogP contribution in [0, 0.1) is 0 Å². The van der Waals surface area contributed by atoms with E-state index in [1.54, 1.807) is 67.6 Å². The normalized spacial score (nSPS) is 10.6. The number of amides is 2. The number of hydrogen-bond donors (Lipinski definition) is 2. The first kappa shape index (κ1) is 24.8. The summed E-state index contributed by atoms with van der Waals surface area (Å²) < 4.78 is 11.0. The van der Waals surface area contributed by atoms with Crippen molar-refractivity contribution in [3.63, 3.8) is 0 Å². The number of nitrogens with one attached hydrogen (secondary N) is 2. The van der Waals surface area contributed by atoms with E-state index in [2.05, 4.69) is 15.8 Å². The van der Waals surface area contributed by atoms with Gasteiger partial charge in [0.1, 0.15) is 0 Å². The van der Waals surface area contributed by atoms with Gasteiger partial charge in [0.2, 0.25) is 0 Å². The van der Waals surface area contributed by atoms with Gasteiger partial charge in [-0.25, -0.2) is 10.2 Å². The summed E-state index contributed by atoms with van der Waals surface area (Å²) in [4.78, 5) is 36.4. The fourth-order valence-corrected chi connectivity index (χ4v) is 2.97. The molecule has 0 aliphatic rings. The lowest BCUT2D eigenvalue weighted by atomic mass is 10.2. The Hall–Kier alpha value is -3.88. The Kier molecular flexibility index (Phi) is 8.61. The van der Waals surface area contributed by atoms with E-state index >= 15 is 0 Å². The van der Waals surface area contributed by atoms with Gasteiger partial charge in [0.15, 0.2) is 11.5 Å². The van der Waals surface area contributed by atoms with Crippen molar-refractivity contribution in [3.05, 3.63) is 87.9 Å². The number of carbonyl (C=O) groups excluding carboxylic acids is 3. The minimum absolute atomic E-state index is 0.210. The topological polar surface area (TPSA) is 106 Å². The molecule has 10 heteroatoms. The van der Waals surface area contributed by atoms with E-state index < -0.39 is 17.8 Å². The monoisotopic (exact) mass is 499 g/mol. The Labute approximate surface area is 205 Å². The van der Waals surface area contributed by atoms with E-state index in [1.807, 2.05) is 0 Å². The lowest BCUT2D eigenvalue weighted by Gasteiger charge is -2.11. The Morgan fingerprint density at radius 3 is 2.38 bits per heavy atom. The summed E-state index contributed by atoms with van der Waals surface area (Å²) in [5.74, 6) is -1.96. The number of halogens is 2. The number of esters is 1. The molecule has 174 valence electrons. The maximum atomic E-state index is 12.4. The van der Waals surface area contributed by atoms with Crippen LogP contribution in [0.4, 0.5) is 5.69 Å². The van der Waals surface area contributed by atoms with Crippen LogP contribution < -0.4 is 20.2 Å². The van der Waals surface area contributed by atoms with Crippen LogP contribution in [0.2, 0.25) is 10.0 Å². The third-order valence-electron chi connectivity index (χ3n) is 4.26. The first-order valence-electron chi connectivity index (χ1n) is 10.0. The van der Waals surface area contributed by atoms with E-state index in [-0.39, 0.29) is 5.75 Å². The standard InChI is InChI=1S/C24H19Cl2N3O5/c1-2-33-21-13-15(7-12-20(21)34-24(32)16-8-10-17(25)11-9-16)14-27-29-23(31)22(30)28-19-6-4-3-5-18(19)26/h3-14H,2H2,1H3,(H,28,30)(H,29,31)/b27-14-. The lowest BCUT2D eigenvalue weighted by Crippen LogP contribution is -2.32. The molecular weight excluding hydrogens is 481 g/mol. The minimum Gasteiger partial charge on any atom is -0.490 e. The third kappa shape index (κ3) is 6.81. The van der Waals surface area contributed by atoms with Gasteiger partial charge in [-0.2, -0.15) is 5.10 Å². The molecule has 2 N–H and O–H groups in total. The molecule has 8 nitrogen and oxygen atoms in total. The quantitative estimate of drug-likeness (QED) is 0.161. The molecule has 3 aromatic rings. The maximum Gasteiger partial charge on any atom is 0.343 e. The molecule has 3 aromatic carbocycles. The molecule has 0 spiro atoms. The number of hydrazone groups is 1. The molecule has 0 aliphatic heterocycles. The largest absolute Gasteiger partial charge is 0.490 e. The highest BCUT2D eigenvalue weighted by atomic mass is 35.5. The molecule has 2 amide bonds. The average Bonchev–Trinajstić information content (AvgIpc) is 2.82. The number of nitrogens with zero attached hydrogens (tertiary/aromatic N) is 1. The number of carbonyl (C=O) groups is 3. The van der Waals surface area contributed by atoms with Gasteiger partial charge in [0, 0.05) is 5.02 Å². The molecule has 0 fully saturated rings. The highest BCUT2D eigenvalue weighted by Gasteiger charge is 2.15. The van der Waals surface area contributed by atoms with Gasteiger partial charge in [-0.3, -0.25) is 9.59 Å². The van der Waals surface area contributed by atoms with Crippen molar-refractivity contribution in [1.29, 1.82) is 0 Å². The van der Waals surface area contributed by atoms with Crippen molar-refractivity contribution in [2.45, 2.75) is 6.92 Å². The predicted molar refractivity (Wildman–Crippen MR) is 130 cm³/mol. The second-order valence-electron chi connectivity index (χ2n) is 6.67. The van der Waals surface area contributed by atoms with Crippen LogP contribution in [0.5, 0.6) is 11.5 Å². The molecule has 0 heterocycles. The zero-order valence-corrected chi connectivity index (χ0v) is 19.4. The fraction of sp³-hybridized carbons (Fsp3) is 0.0833. The van der Waals surface area contributed by atoms with Crippen molar-refractivity contribution < 1.29 is 23.9 Å². The van der Waals surface area contributed by atoms with Gasteiger partial charge < -0.3 is 14.8 Å². The summed E-state index contributed by atoms with van der Waals surface area (Å²) >= 11 is 11.8. The van der Waals surface area contributed by atoms with E-state index in [1.165, 1.54) is 12.3 Å². The van der Waals surface area contributed by atoms with Crippen LogP contribution in [0.15, 0.2) is 71.8 Å². The first-order chi connectivity index (χ1) is 16.4. The van der Waals surface area contributed by atoms with Crippen LogP contribution in [-0.2, 0) is 9.59 Å². The maximum absolute atomic E-state index is 12.4. The zero-order valence-electron chi connectivity index (χ0n) is 17.9. The van der Waals surface area contributed by atoms with Gasteiger partial charge in [-0.15, -0.1) is 0 Å². The van der Waals surface area contributed by atoms with Gasteiger partial charge >= 0.3 is 17.8 Å². The molecule has 0 aliphatic carbocycles. The third-order valence-corrected chi connectivity index (χ3v) is 4.84. The van der Waals surface area contributed by atoms with Crippen LogP contribution in [0.1, 0.15) is 22.8 Å². The fourth-order valence-electron chi connectivity index (χ4n) is 2.66. The van der Waals surface area contributed by atoms with Crippen LogP contribution >= 0.6 is 23.2 Å². The SMILES string of the molecule is CCOc1cc(/C=N\NC(=O)C(=O)Nc2ccccc2Cl)ccc1OC(=O)c1ccc(Cl)cc1. The second-order valence-corrected chi connectivity index (χ2v) is 7.51. The van der Waals surface area contributed by atoms with Crippen molar-refractivity contribution in [3.8, 4) is 11.5 Å². The van der Waals surface area contributed by atoms with Crippen molar-refractivity contribution in [2.24, 2.45) is 5.10 Å². The lowest BCUT2D eigenvalue weighted by molar-refractivity contribution is -0.136. The first-order valence-corrected chi connectivity index (χ1v) is 10.8. The summed E-state index contributed by atoms with van der Waals surface area (Å²) in [5.41, 5.74) is 3.30. The molecule has 0 saturated heterocycles. The number of benzene rings is 3. The van der Waals surface area contributed by atoms with Gasteiger partial charge in [-0.1, -0.05) is 35.3 Å². The van der Waals surface area contributed by atoms with E-state index in [0.29, 0.717) is 39.2 Å². The predicted octanol–water partition coefficient (Wildman–Crippen LogP) is 4.70. The Morgan fingerprint density at radius 1 is 0.941 bits per heavy atom. The average molecular weight is 500 g/mol. The number of anilines is 1. The van der Waals surface area contributed by atoms with Crippen molar-refractivity contribution in [2.75, 3.05) is 11.9 Å². The Morgan fingerprint density at radius 2 is 1.68 bits per heavy atom. The number of ether oxygens (including phenoxy) is 2. The summed E-state index contributed by atoms with van der Waals surface area (Å²) in [6.07, 6.45) is 1.31. The minimum atomic E-state index is -0.977. The van der Waals surface area contributed by atoms with E-state index in [9.17, 15) is 14.4 Å². The van der Waals surface area contributed by atoms with E-state index in [4.69, 9.17) is 32.7 Å². The summed E-state index contributed by atoms with van der Waals surface area (Å²) in [6.45, 7) is 2.11. The van der Waals surface area contributed by atoms with Gasteiger partial charge in [-0.05, 0) is 67.1 Å². The molecular formula is C24H19Cl2N3O5. The molecule has 34 heavy (non-hydrogen) atoms. The van der Waals surface area contributed by atoms with Gasteiger partial charge in [0.25, 0.3) is 0 Å². The molecule has 0 atom stereocenters. The van der Waals surface area contributed by atoms with Gasteiger partial charge in [0.05, 0.1) is 29.1 Å². The second kappa shape index (κ2) is 11.8. The molecule has 0 unspecified atom stereocenters. The molecule has 0 bridgehead atoms. The van der Waals surface area contributed by atoms with Crippen molar-refractivity contribution in [1.82, 2.24) is 5.43 Å². The summed E-state index contributed by atoms with van der Waals surface area (Å²) in [5, 5.41) is 6.98. The summed E-state index contributed by atoms with van der Waals surface area (Å²) in [6, 6.07) is 17.5. The molecule has 0 saturated carbocycles. The zero-order chi connectivity index (χ0) is 24.5. The molecule has 3 rings (SSSR count). The van der Waals surface area contributed by atoms with Crippen LogP contribution in [0.3, 0.4) is 0 Å². The van der Waals surface area contributed by atoms with Crippen LogP contribution in [0.25, 0.3) is 0 Å². The highest BCUT2D eigenvalue weighted by Crippen LogP contribution is 2.29. The Balaban J connectivity index is 1.64. The molecule has 0 radical (unpaired) electrons.